The van der Waals surface area contributed by atoms with Gasteiger partial charge in [0.15, 0.2) is 5.72 Å². The molecule has 5 rings (SSSR count). The van der Waals surface area contributed by atoms with Crippen molar-refractivity contribution in [1.29, 1.82) is 0 Å². The van der Waals surface area contributed by atoms with E-state index < -0.39 is 34.7 Å². The highest BCUT2D eigenvalue weighted by Gasteiger charge is 2.57. The van der Waals surface area contributed by atoms with Crippen LogP contribution < -0.4 is 0 Å². The lowest BCUT2D eigenvalue weighted by molar-refractivity contribution is -0.155. The normalized spacial score (nSPS) is 21.2. The summed E-state index contributed by atoms with van der Waals surface area (Å²) in [4.78, 5) is 27.6. The van der Waals surface area contributed by atoms with Crippen molar-refractivity contribution in [2.75, 3.05) is 20.3 Å². The lowest BCUT2D eigenvalue weighted by atomic mass is 9.72. The molecule has 2 heterocycles. The van der Waals surface area contributed by atoms with E-state index in [9.17, 15) is 19.8 Å². The first-order chi connectivity index (χ1) is 19.9. The molecule has 0 aliphatic carbocycles. The number of amides is 1. The second-order valence-electron chi connectivity index (χ2n) is 10.9. The summed E-state index contributed by atoms with van der Waals surface area (Å²) >= 11 is 6.14. The van der Waals surface area contributed by atoms with Crippen molar-refractivity contribution in [3.05, 3.63) is 104 Å². The van der Waals surface area contributed by atoms with Crippen LogP contribution in [-0.4, -0.2) is 53.0 Å². The van der Waals surface area contributed by atoms with Gasteiger partial charge in [-0.1, -0.05) is 48.4 Å². The third-order valence-corrected chi connectivity index (χ3v) is 8.91. The Hall–Kier alpha value is -3.37. The summed E-state index contributed by atoms with van der Waals surface area (Å²) in [6.07, 6.45) is -0.250. The van der Waals surface area contributed by atoms with Crippen LogP contribution in [0.15, 0.2) is 54.6 Å². The Labute approximate surface area is 247 Å². The quantitative estimate of drug-likeness (QED) is 0.325. The van der Waals surface area contributed by atoms with Gasteiger partial charge in [0.2, 0.25) is 0 Å². The average molecular weight is 600 g/mol. The molecule has 1 amide bonds. The maximum Gasteiger partial charge on any atom is 0.336 e. The molecule has 0 aromatic heterocycles. The molecule has 3 aromatic carbocycles. The Morgan fingerprint density at radius 1 is 1.14 bits per heavy atom. The number of carboxylic acid groups (broad SMARTS) is 1. The number of carbonyl (C=O) groups is 2. The first-order valence-electron chi connectivity index (χ1n) is 13.7. The number of aliphatic hydroxyl groups is 1. The van der Waals surface area contributed by atoms with Gasteiger partial charge in [0.1, 0.15) is 17.1 Å². The number of carbonyl (C=O) groups excluding carboxylic acids is 1. The number of fused-ring (bicyclic) bond motifs is 1. The number of halogens is 3. The van der Waals surface area contributed by atoms with Gasteiger partial charge in [-0.25, -0.2) is 13.6 Å². The van der Waals surface area contributed by atoms with E-state index >= 15 is 8.78 Å². The minimum atomic E-state index is -2.10. The first-order valence-corrected chi connectivity index (χ1v) is 14.1. The van der Waals surface area contributed by atoms with Crippen molar-refractivity contribution in [2.45, 2.75) is 56.6 Å². The van der Waals surface area contributed by atoms with Crippen LogP contribution in [-0.2, 0) is 27.3 Å². The van der Waals surface area contributed by atoms with Crippen molar-refractivity contribution in [1.82, 2.24) is 4.90 Å². The number of ether oxygens (including phenoxy) is 2. The summed E-state index contributed by atoms with van der Waals surface area (Å²) in [5.41, 5.74) is -4.95. The summed E-state index contributed by atoms with van der Waals surface area (Å²) in [7, 11) is 1.32. The molecule has 2 aliphatic heterocycles. The molecule has 1 fully saturated rings. The van der Waals surface area contributed by atoms with Crippen molar-refractivity contribution >= 4 is 23.5 Å². The van der Waals surface area contributed by atoms with Gasteiger partial charge in [0.05, 0.1) is 23.2 Å². The molecule has 10 heteroatoms. The zero-order chi connectivity index (χ0) is 30.4. The van der Waals surface area contributed by atoms with E-state index in [0.717, 1.165) is 6.07 Å². The van der Waals surface area contributed by atoms with Gasteiger partial charge in [-0.05, 0) is 54.8 Å². The van der Waals surface area contributed by atoms with Crippen LogP contribution in [0.1, 0.15) is 74.7 Å². The van der Waals surface area contributed by atoms with Crippen LogP contribution in [0.25, 0.3) is 0 Å². The van der Waals surface area contributed by atoms with Gasteiger partial charge in [-0.2, -0.15) is 0 Å². The summed E-state index contributed by atoms with van der Waals surface area (Å²) in [5.74, 6) is -2.73. The number of nitrogens with zero attached hydrogens (tertiary/aromatic N) is 1. The maximum absolute atomic E-state index is 16.5. The SMILES string of the molecule is CCC(O)(c1cc(F)c2c(c1)C(=O)N(Cc1ccc(C)cc1C(=O)O)[C@@]2(OC)c1ccc(Cl)cc1)C1(F)CCOCC1. The van der Waals surface area contributed by atoms with Crippen molar-refractivity contribution in [3.8, 4) is 0 Å². The number of hydrogen-bond donors (Lipinski definition) is 2. The Morgan fingerprint density at radius 2 is 1.81 bits per heavy atom. The Morgan fingerprint density at radius 3 is 2.40 bits per heavy atom. The number of aromatic carboxylic acids is 1. The van der Waals surface area contributed by atoms with E-state index in [1.54, 1.807) is 50.2 Å². The monoisotopic (exact) mass is 599 g/mol. The van der Waals surface area contributed by atoms with E-state index in [1.807, 2.05) is 0 Å². The number of aryl methyl sites for hydroxylation is 1. The van der Waals surface area contributed by atoms with E-state index in [0.29, 0.717) is 21.7 Å². The number of carboxylic acids is 1. The standard InChI is InChI=1S/C32H32ClF2NO6/c1-4-31(40,30(35)11-13-42-14-12-30)22-16-25-27(26(34)17-22)32(41-3,21-7-9-23(33)10-8-21)36(28(25)37)18-20-6-5-19(2)15-24(20)29(38)39/h5-10,15-17,40H,4,11-14,18H2,1-3H3,(H,38,39)/t31?,32-/m1/s1. The van der Waals surface area contributed by atoms with Crippen molar-refractivity contribution < 1.29 is 38.1 Å². The number of alkyl halides is 1. The molecule has 0 saturated carbocycles. The third-order valence-electron chi connectivity index (χ3n) is 8.66. The molecule has 3 aromatic rings. The Kier molecular flexibility index (Phi) is 7.91. The van der Waals surface area contributed by atoms with Gasteiger partial charge >= 0.3 is 5.97 Å². The molecule has 1 unspecified atom stereocenters. The van der Waals surface area contributed by atoms with Gasteiger partial charge in [0, 0.05) is 43.8 Å². The number of methoxy groups -OCH3 is 1. The lowest BCUT2D eigenvalue weighted by Gasteiger charge is -2.44. The highest BCUT2D eigenvalue weighted by Crippen LogP contribution is 2.51. The second-order valence-corrected chi connectivity index (χ2v) is 11.3. The van der Waals surface area contributed by atoms with E-state index in [-0.39, 0.29) is 61.3 Å². The Bertz CT molecular complexity index is 1540. The molecular weight excluding hydrogens is 568 g/mol. The second kappa shape index (κ2) is 11.0. The molecule has 1 saturated heterocycles. The smallest absolute Gasteiger partial charge is 0.336 e. The van der Waals surface area contributed by atoms with Gasteiger partial charge in [-0.15, -0.1) is 0 Å². The van der Waals surface area contributed by atoms with E-state index in [1.165, 1.54) is 24.1 Å². The zero-order valence-electron chi connectivity index (χ0n) is 23.5. The van der Waals surface area contributed by atoms with Crippen LogP contribution in [0.4, 0.5) is 8.78 Å². The topological polar surface area (TPSA) is 96.3 Å². The van der Waals surface area contributed by atoms with Crippen LogP contribution in [0.3, 0.4) is 0 Å². The van der Waals surface area contributed by atoms with Crippen molar-refractivity contribution in [3.63, 3.8) is 0 Å². The molecule has 0 radical (unpaired) electrons. The molecule has 2 N–H and O–H groups in total. The van der Waals surface area contributed by atoms with Crippen LogP contribution in [0, 0.1) is 12.7 Å². The molecule has 2 atom stereocenters. The summed E-state index contributed by atoms with van der Waals surface area (Å²) in [5, 5.41) is 22.0. The van der Waals surface area contributed by atoms with Crippen LogP contribution in [0.2, 0.25) is 5.02 Å². The maximum atomic E-state index is 16.5. The van der Waals surface area contributed by atoms with E-state index in [2.05, 4.69) is 0 Å². The molecule has 222 valence electrons. The summed E-state index contributed by atoms with van der Waals surface area (Å²) in [6, 6.07) is 13.6. The zero-order valence-corrected chi connectivity index (χ0v) is 24.3. The van der Waals surface area contributed by atoms with Gasteiger partial charge < -0.3 is 19.7 Å². The number of benzene rings is 3. The predicted molar refractivity (Wildman–Crippen MR) is 152 cm³/mol. The highest BCUT2D eigenvalue weighted by molar-refractivity contribution is 6.30. The van der Waals surface area contributed by atoms with E-state index in [4.69, 9.17) is 21.1 Å². The largest absolute Gasteiger partial charge is 0.478 e. The fraction of sp³-hybridized carbons (Fsp3) is 0.375. The lowest BCUT2D eigenvalue weighted by Crippen LogP contribution is -2.51. The van der Waals surface area contributed by atoms with Gasteiger partial charge in [-0.3, -0.25) is 9.69 Å². The molecule has 0 spiro atoms. The molecule has 2 aliphatic rings. The molecule has 7 nitrogen and oxygen atoms in total. The first kappa shape index (κ1) is 30.1. The highest BCUT2D eigenvalue weighted by atomic mass is 35.5. The van der Waals surface area contributed by atoms with Crippen LogP contribution in [0.5, 0.6) is 0 Å². The molecular formula is C32H32ClF2NO6. The number of hydrogen-bond acceptors (Lipinski definition) is 5. The fourth-order valence-corrected chi connectivity index (χ4v) is 6.48. The summed E-state index contributed by atoms with van der Waals surface area (Å²) in [6.45, 7) is 3.31. The molecule has 0 bridgehead atoms. The summed E-state index contributed by atoms with van der Waals surface area (Å²) < 4.78 is 44.1. The fourth-order valence-electron chi connectivity index (χ4n) is 6.36. The predicted octanol–water partition coefficient (Wildman–Crippen LogP) is 6.11. The van der Waals surface area contributed by atoms with Gasteiger partial charge in [0.25, 0.3) is 5.91 Å². The van der Waals surface area contributed by atoms with Crippen molar-refractivity contribution in [2.24, 2.45) is 0 Å². The average Bonchev–Trinajstić information content (AvgIpc) is 3.22. The van der Waals surface area contributed by atoms with Crippen LogP contribution >= 0.6 is 11.6 Å². The minimum Gasteiger partial charge on any atom is -0.478 e. The third kappa shape index (κ3) is 4.59. The molecule has 42 heavy (non-hydrogen) atoms. The minimum absolute atomic E-state index is 0.0136. The Balaban J connectivity index is 1.73. The number of rotatable bonds is 8.